The van der Waals surface area contributed by atoms with Crippen molar-refractivity contribution in [3.05, 3.63) is 34.5 Å². The van der Waals surface area contributed by atoms with Crippen LogP contribution in [0.25, 0.3) is 6.08 Å². The van der Waals surface area contributed by atoms with Gasteiger partial charge in [-0.15, -0.1) is 5.10 Å². The highest BCUT2D eigenvalue weighted by Gasteiger charge is 2.14. The minimum absolute atomic E-state index is 0.0125. The van der Waals surface area contributed by atoms with Crippen molar-refractivity contribution < 1.29 is 19.4 Å². The van der Waals surface area contributed by atoms with Gasteiger partial charge in [-0.05, 0) is 55.8 Å². The van der Waals surface area contributed by atoms with Crippen LogP contribution in [0.2, 0.25) is 0 Å². The molecule has 1 heterocycles. The zero-order chi connectivity index (χ0) is 19.1. The topological polar surface area (TPSA) is 97.3 Å². The number of carboxylic acids is 1. The summed E-state index contributed by atoms with van der Waals surface area (Å²) in [7, 11) is 1.55. The molecule has 0 aliphatic heterocycles. The molecule has 140 valence electrons. The molecule has 0 atom stereocenters. The molecule has 0 saturated heterocycles. The first-order valence-electron chi connectivity index (χ1n) is 8.31. The van der Waals surface area contributed by atoms with Crippen LogP contribution in [0.15, 0.2) is 28.3 Å². The second-order valence-electron chi connectivity index (χ2n) is 5.81. The summed E-state index contributed by atoms with van der Waals surface area (Å²) in [6.45, 7) is 5.89. The summed E-state index contributed by atoms with van der Waals surface area (Å²) < 4.78 is 11.0. The van der Waals surface area contributed by atoms with Gasteiger partial charge in [-0.1, -0.05) is 13.0 Å². The Balaban J connectivity index is 2.25. The number of nitrogens with zero attached hydrogens (tertiary/aromatic N) is 2. The maximum Gasteiger partial charge on any atom is 0.342 e. The molecule has 1 aromatic heterocycles. The van der Waals surface area contributed by atoms with Gasteiger partial charge in [0, 0.05) is 6.42 Å². The average molecular weight is 377 g/mol. The average Bonchev–Trinajstić information content (AvgIpc) is 3.02. The van der Waals surface area contributed by atoms with Gasteiger partial charge in [0.15, 0.2) is 11.5 Å². The summed E-state index contributed by atoms with van der Waals surface area (Å²) in [4.78, 5) is 16.0. The predicted octanol–water partition coefficient (Wildman–Crippen LogP) is 3.77. The third kappa shape index (κ3) is 5.52. The first kappa shape index (κ1) is 19.8. The number of aryl methyl sites for hydroxylation is 1. The van der Waals surface area contributed by atoms with Crippen molar-refractivity contribution in [3.63, 3.8) is 0 Å². The molecule has 26 heavy (non-hydrogen) atoms. The Bertz CT molecular complexity index is 786. The number of aromatic nitrogens is 3. The lowest BCUT2D eigenvalue weighted by atomic mass is 10.2. The fourth-order valence-corrected chi connectivity index (χ4v) is 2.91. The number of ether oxygens (including phenoxy) is 2. The summed E-state index contributed by atoms with van der Waals surface area (Å²) in [5.74, 6) is 0.863. The van der Waals surface area contributed by atoms with Crippen molar-refractivity contribution in [2.24, 2.45) is 0 Å². The number of carbonyl (C=O) groups is 1. The van der Waals surface area contributed by atoms with Crippen LogP contribution < -0.4 is 9.47 Å². The molecule has 2 N–H and O–H groups in total. The second kappa shape index (κ2) is 9.28. The molecule has 0 aliphatic carbocycles. The van der Waals surface area contributed by atoms with E-state index in [1.165, 1.54) is 0 Å². The zero-order valence-corrected chi connectivity index (χ0v) is 16.1. The van der Waals surface area contributed by atoms with Crippen molar-refractivity contribution in [1.82, 2.24) is 15.2 Å². The summed E-state index contributed by atoms with van der Waals surface area (Å²) in [6, 6.07) is 5.28. The van der Waals surface area contributed by atoms with Gasteiger partial charge in [0.25, 0.3) is 0 Å². The Labute approximate surface area is 156 Å². The number of H-pyrrole nitrogens is 1. The van der Waals surface area contributed by atoms with E-state index in [0.717, 1.165) is 30.4 Å². The van der Waals surface area contributed by atoms with Crippen LogP contribution in [0.4, 0.5) is 0 Å². The van der Waals surface area contributed by atoms with Crippen LogP contribution in [-0.2, 0) is 11.2 Å². The van der Waals surface area contributed by atoms with Crippen molar-refractivity contribution in [3.8, 4) is 11.5 Å². The number of aromatic amines is 1. The van der Waals surface area contributed by atoms with E-state index in [9.17, 15) is 9.90 Å². The van der Waals surface area contributed by atoms with Crippen molar-refractivity contribution in [2.45, 2.75) is 44.9 Å². The molecule has 2 aromatic rings. The highest BCUT2D eigenvalue weighted by Crippen LogP contribution is 2.32. The van der Waals surface area contributed by atoms with Gasteiger partial charge in [-0.25, -0.2) is 9.78 Å². The Morgan fingerprint density at radius 3 is 2.77 bits per heavy atom. The monoisotopic (exact) mass is 377 g/mol. The lowest BCUT2D eigenvalue weighted by Gasteiger charge is -2.14. The Hall–Kier alpha value is -2.48. The summed E-state index contributed by atoms with van der Waals surface area (Å²) in [5.41, 5.74) is 0.687. The van der Waals surface area contributed by atoms with E-state index < -0.39 is 5.97 Å². The zero-order valence-electron chi connectivity index (χ0n) is 15.3. The first-order valence-corrected chi connectivity index (χ1v) is 9.13. The maximum absolute atomic E-state index is 11.6. The Morgan fingerprint density at radius 2 is 2.15 bits per heavy atom. The van der Waals surface area contributed by atoms with Crippen molar-refractivity contribution >= 4 is 23.8 Å². The van der Waals surface area contributed by atoms with E-state index >= 15 is 0 Å². The SMILES string of the molecule is CCCc1nc(S/C(=C\c2ccc(OC(C)C)c(OC)c2)C(=O)O)n[nH]1. The van der Waals surface area contributed by atoms with Gasteiger partial charge < -0.3 is 14.6 Å². The van der Waals surface area contributed by atoms with Gasteiger partial charge in [-0.2, -0.15) is 0 Å². The predicted molar refractivity (Wildman–Crippen MR) is 101 cm³/mol. The summed E-state index contributed by atoms with van der Waals surface area (Å²) in [5, 5.41) is 16.8. The van der Waals surface area contributed by atoms with Crippen LogP contribution in [0.3, 0.4) is 0 Å². The second-order valence-corrected chi connectivity index (χ2v) is 6.82. The standard InChI is InChI=1S/C18H23N3O4S/c1-5-6-16-19-18(21-20-16)26-15(17(22)23)10-12-7-8-13(25-11(2)3)14(9-12)24-4/h7-11H,5-6H2,1-4H3,(H,22,23)(H,19,20,21)/b15-10-. The number of nitrogens with one attached hydrogen (secondary N) is 1. The number of aliphatic carboxylic acids is 1. The third-order valence-corrected chi connectivity index (χ3v) is 4.14. The van der Waals surface area contributed by atoms with E-state index in [1.807, 2.05) is 20.8 Å². The number of thioether (sulfide) groups is 1. The van der Waals surface area contributed by atoms with Gasteiger partial charge in [0.05, 0.1) is 13.2 Å². The van der Waals surface area contributed by atoms with Crippen LogP contribution >= 0.6 is 11.8 Å². The van der Waals surface area contributed by atoms with Crippen LogP contribution in [0.5, 0.6) is 11.5 Å². The fraction of sp³-hybridized carbons (Fsp3) is 0.389. The molecular weight excluding hydrogens is 354 g/mol. The lowest BCUT2D eigenvalue weighted by molar-refractivity contribution is -0.131. The molecule has 7 nitrogen and oxygen atoms in total. The Morgan fingerprint density at radius 1 is 1.38 bits per heavy atom. The minimum atomic E-state index is -1.04. The molecule has 0 saturated carbocycles. The normalized spacial score (nSPS) is 11.7. The molecule has 0 fully saturated rings. The highest BCUT2D eigenvalue weighted by atomic mass is 32.2. The molecular formula is C18H23N3O4S. The van der Waals surface area contributed by atoms with Crippen LogP contribution in [-0.4, -0.2) is 39.5 Å². The number of hydrogen-bond donors (Lipinski definition) is 2. The number of methoxy groups -OCH3 is 1. The van der Waals surface area contributed by atoms with E-state index in [0.29, 0.717) is 22.2 Å². The molecule has 0 spiro atoms. The summed E-state index contributed by atoms with van der Waals surface area (Å²) >= 11 is 1.00. The summed E-state index contributed by atoms with van der Waals surface area (Å²) in [6.07, 6.45) is 3.28. The molecule has 1 aromatic carbocycles. The fourth-order valence-electron chi connectivity index (χ4n) is 2.18. The third-order valence-electron chi connectivity index (χ3n) is 3.26. The van der Waals surface area contributed by atoms with E-state index in [-0.39, 0.29) is 11.0 Å². The molecule has 2 rings (SSSR count). The number of rotatable bonds is 9. The number of carboxylic acid groups (broad SMARTS) is 1. The lowest BCUT2D eigenvalue weighted by Crippen LogP contribution is -2.06. The highest BCUT2D eigenvalue weighted by molar-refractivity contribution is 8.04. The molecule has 0 amide bonds. The maximum atomic E-state index is 11.6. The quantitative estimate of drug-likeness (QED) is 0.507. The Kier molecular flexibility index (Phi) is 7.08. The van der Waals surface area contributed by atoms with Crippen molar-refractivity contribution in [1.29, 1.82) is 0 Å². The minimum Gasteiger partial charge on any atom is -0.493 e. The van der Waals surface area contributed by atoms with Crippen LogP contribution in [0.1, 0.15) is 38.6 Å². The van der Waals surface area contributed by atoms with Gasteiger partial charge in [-0.3, -0.25) is 5.10 Å². The van der Waals surface area contributed by atoms with Crippen LogP contribution in [0, 0.1) is 0 Å². The molecule has 0 aliphatic rings. The van der Waals surface area contributed by atoms with Gasteiger partial charge in [0.1, 0.15) is 10.7 Å². The number of hydrogen-bond acceptors (Lipinski definition) is 6. The van der Waals surface area contributed by atoms with E-state index in [1.54, 1.807) is 31.4 Å². The van der Waals surface area contributed by atoms with E-state index in [2.05, 4.69) is 15.2 Å². The smallest absolute Gasteiger partial charge is 0.342 e. The molecule has 0 radical (unpaired) electrons. The molecule has 0 unspecified atom stereocenters. The molecule has 0 bridgehead atoms. The first-order chi connectivity index (χ1) is 12.4. The molecule has 8 heteroatoms. The van der Waals surface area contributed by atoms with Gasteiger partial charge >= 0.3 is 5.97 Å². The van der Waals surface area contributed by atoms with Gasteiger partial charge in [0.2, 0.25) is 5.16 Å². The van der Waals surface area contributed by atoms with Crippen molar-refractivity contribution in [2.75, 3.05) is 7.11 Å². The largest absolute Gasteiger partial charge is 0.493 e. The number of benzene rings is 1. The van der Waals surface area contributed by atoms with E-state index in [4.69, 9.17) is 9.47 Å².